The van der Waals surface area contributed by atoms with Crippen LogP contribution in [0.15, 0.2) is 91.0 Å². The molecule has 0 fully saturated rings. The lowest BCUT2D eigenvalue weighted by Gasteiger charge is -2.32. The number of benzene rings is 3. The Morgan fingerprint density at radius 3 is 1.97 bits per heavy atom. The van der Waals surface area contributed by atoms with Crippen molar-refractivity contribution in [1.29, 1.82) is 0 Å². The number of hydrogen-bond donors (Lipinski definition) is 1. The van der Waals surface area contributed by atoms with Crippen molar-refractivity contribution in [1.82, 2.24) is 10.2 Å². The molecule has 3 aromatic rings. The van der Waals surface area contributed by atoms with Crippen LogP contribution in [0.25, 0.3) is 0 Å². The Labute approximate surface area is 202 Å². The molecule has 0 spiro atoms. The van der Waals surface area contributed by atoms with Crippen LogP contribution in [0.2, 0.25) is 0 Å². The lowest BCUT2D eigenvalue weighted by molar-refractivity contribution is -0.141. The van der Waals surface area contributed by atoms with Gasteiger partial charge in [-0.3, -0.25) is 9.59 Å². The van der Waals surface area contributed by atoms with E-state index in [0.29, 0.717) is 26.1 Å². The van der Waals surface area contributed by atoms with E-state index in [1.165, 1.54) is 0 Å². The normalized spacial score (nSPS) is 11.7. The van der Waals surface area contributed by atoms with Crippen LogP contribution in [0.4, 0.5) is 0 Å². The predicted molar refractivity (Wildman–Crippen MR) is 135 cm³/mol. The summed E-state index contributed by atoms with van der Waals surface area (Å²) in [6.45, 7) is 5.39. The first kappa shape index (κ1) is 25.2. The fourth-order valence-corrected chi connectivity index (χ4v) is 3.78. The number of ether oxygens (including phenoxy) is 1. The Morgan fingerprint density at radius 1 is 0.824 bits per heavy atom. The molecule has 0 aliphatic carbocycles. The van der Waals surface area contributed by atoms with Crippen molar-refractivity contribution in [2.45, 2.75) is 45.4 Å². The summed E-state index contributed by atoms with van der Waals surface area (Å²) in [6.07, 6.45) is 1.10. The summed E-state index contributed by atoms with van der Waals surface area (Å²) >= 11 is 0. The van der Waals surface area contributed by atoms with Gasteiger partial charge < -0.3 is 15.0 Å². The van der Waals surface area contributed by atoms with Crippen molar-refractivity contribution >= 4 is 11.8 Å². The first-order valence-electron chi connectivity index (χ1n) is 11.9. The number of amides is 2. The second kappa shape index (κ2) is 13.3. The van der Waals surface area contributed by atoms with Gasteiger partial charge in [0.05, 0.1) is 12.5 Å². The Bertz CT molecular complexity index is 1010. The molecular weight excluding hydrogens is 424 g/mol. The summed E-state index contributed by atoms with van der Waals surface area (Å²) in [6, 6.07) is 28.2. The number of nitrogens with one attached hydrogen (secondary N) is 1. The summed E-state index contributed by atoms with van der Waals surface area (Å²) in [5, 5.41) is 3.03. The average Bonchev–Trinajstić information content (AvgIpc) is 2.85. The quantitative estimate of drug-likeness (QED) is 0.392. The zero-order chi connectivity index (χ0) is 24.2. The fraction of sp³-hybridized carbons (Fsp3) is 0.310. The van der Waals surface area contributed by atoms with Crippen molar-refractivity contribution in [2.75, 3.05) is 13.2 Å². The van der Waals surface area contributed by atoms with E-state index in [9.17, 15) is 9.59 Å². The number of carbonyl (C=O) groups is 2. The van der Waals surface area contributed by atoms with E-state index in [0.717, 1.165) is 16.7 Å². The van der Waals surface area contributed by atoms with Crippen LogP contribution in [0.3, 0.4) is 0 Å². The molecule has 178 valence electrons. The lowest BCUT2D eigenvalue weighted by Crippen LogP contribution is -2.44. The van der Waals surface area contributed by atoms with Gasteiger partial charge in [-0.1, -0.05) is 91.0 Å². The lowest BCUT2D eigenvalue weighted by atomic mass is 10.0. The van der Waals surface area contributed by atoms with E-state index >= 15 is 0 Å². The topological polar surface area (TPSA) is 58.6 Å². The summed E-state index contributed by atoms with van der Waals surface area (Å²) in [7, 11) is 0. The van der Waals surface area contributed by atoms with E-state index in [4.69, 9.17) is 4.74 Å². The Kier molecular flexibility index (Phi) is 9.86. The number of rotatable bonds is 12. The molecule has 5 nitrogen and oxygen atoms in total. The Balaban J connectivity index is 1.85. The summed E-state index contributed by atoms with van der Waals surface area (Å²) in [5.41, 5.74) is 2.68. The molecule has 3 rings (SSSR count). The standard InChI is InChI=1S/C29H34N2O3/c1-23(2)34-20-12-19-30-29(33)28(26-17-10-5-11-18-26)31(22-25-15-8-4-9-16-25)27(32)21-24-13-6-3-7-14-24/h3-11,13-18,23,28H,12,19-22H2,1-2H3,(H,30,33)/t28-/m1/s1. The highest BCUT2D eigenvalue weighted by molar-refractivity contribution is 5.89. The predicted octanol–water partition coefficient (Wildman–Crippen LogP) is 4.93. The van der Waals surface area contributed by atoms with Gasteiger partial charge in [0.25, 0.3) is 0 Å². The molecule has 0 aliphatic heterocycles. The highest BCUT2D eigenvalue weighted by Crippen LogP contribution is 2.25. The smallest absolute Gasteiger partial charge is 0.247 e. The summed E-state index contributed by atoms with van der Waals surface area (Å²) < 4.78 is 5.58. The maximum absolute atomic E-state index is 13.6. The van der Waals surface area contributed by atoms with Gasteiger partial charge in [-0.05, 0) is 37.0 Å². The van der Waals surface area contributed by atoms with E-state index in [1.807, 2.05) is 105 Å². The average molecular weight is 459 g/mol. The van der Waals surface area contributed by atoms with Crippen molar-refractivity contribution in [3.63, 3.8) is 0 Å². The molecule has 0 saturated heterocycles. The van der Waals surface area contributed by atoms with Crippen LogP contribution in [0.1, 0.15) is 43.0 Å². The maximum atomic E-state index is 13.6. The van der Waals surface area contributed by atoms with Crippen LogP contribution in [-0.4, -0.2) is 36.0 Å². The van der Waals surface area contributed by atoms with Crippen molar-refractivity contribution < 1.29 is 14.3 Å². The molecule has 5 heteroatoms. The molecule has 0 unspecified atom stereocenters. The summed E-state index contributed by atoms with van der Waals surface area (Å²) in [5.74, 6) is -0.282. The molecule has 0 saturated carbocycles. The van der Waals surface area contributed by atoms with Crippen LogP contribution < -0.4 is 5.32 Å². The van der Waals surface area contributed by atoms with Gasteiger partial charge >= 0.3 is 0 Å². The third kappa shape index (κ3) is 7.85. The SMILES string of the molecule is CC(C)OCCCNC(=O)[C@@H](c1ccccc1)N(Cc1ccccc1)C(=O)Cc1ccccc1. The first-order chi connectivity index (χ1) is 16.5. The fourth-order valence-electron chi connectivity index (χ4n) is 3.78. The van der Waals surface area contributed by atoms with Crippen molar-refractivity contribution in [2.24, 2.45) is 0 Å². The number of nitrogens with zero attached hydrogens (tertiary/aromatic N) is 1. The Morgan fingerprint density at radius 2 is 1.38 bits per heavy atom. The van der Waals surface area contributed by atoms with E-state index in [2.05, 4.69) is 5.32 Å². The molecule has 2 amide bonds. The molecule has 1 atom stereocenters. The zero-order valence-electron chi connectivity index (χ0n) is 20.0. The van der Waals surface area contributed by atoms with Crippen molar-refractivity contribution in [3.05, 3.63) is 108 Å². The van der Waals surface area contributed by atoms with E-state index in [-0.39, 0.29) is 24.3 Å². The monoisotopic (exact) mass is 458 g/mol. The number of hydrogen-bond acceptors (Lipinski definition) is 3. The molecule has 0 radical (unpaired) electrons. The van der Waals surface area contributed by atoms with Gasteiger partial charge in [0.1, 0.15) is 6.04 Å². The largest absolute Gasteiger partial charge is 0.379 e. The van der Waals surface area contributed by atoms with Gasteiger partial charge in [0, 0.05) is 19.7 Å². The van der Waals surface area contributed by atoms with Crippen molar-refractivity contribution in [3.8, 4) is 0 Å². The highest BCUT2D eigenvalue weighted by atomic mass is 16.5. The van der Waals surface area contributed by atoms with Crippen LogP contribution in [0, 0.1) is 0 Å². The molecule has 0 aromatic heterocycles. The van der Waals surface area contributed by atoms with E-state index in [1.54, 1.807) is 4.90 Å². The summed E-state index contributed by atoms with van der Waals surface area (Å²) in [4.78, 5) is 28.8. The minimum absolute atomic E-state index is 0.0952. The minimum atomic E-state index is -0.733. The van der Waals surface area contributed by atoms with Gasteiger partial charge in [-0.15, -0.1) is 0 Å². The third-order valence-corrected chi connectivity index (χ3v) is 5.46. The van der Waals surface area contributed by atoms with Gasteiger partial charge in [-0.25, -0.2) is 0 Å². The molecule has 0 heterocycles. The highest BCUT2D eigenvalue weighted by Gasteiger charge is 2.31. The van der Waals surface area contributed by atoms with Crippen LogP contribution >= 0.6 is 0 Å². The maximum Gasteiger partial charge on any atom is 0.247 e. The van der Waals surface area contributed by atoms with Gasteiger partial charge in [0.2, 0.25) is 11.8 Å². The van der Waals surface area contributed by atoms with Gasteiger partial charge in [-0.2, -0.15) is 0 Å². The minimum Gasteiger partial charge on any atom is -0.379 e. The molecule has 0 aliphatic rings. The molecule has 3 aromatic carbocycles. The molecule has 0 bridgehead atoms. The van der Waals surface area contributed by atoms with E-state index < -0.39 is 6.04 Å². The second-order valence-corrected chi connectivity index (χ2v) is 8.55. The van der Waals surface area contributed by atoms with Gasteiger partial charge in [0.15, 0.2) is 0 Å². The Hall–Kier alpha value is -3.44. The number of carbonyl (C=O) groups excluding carboxylic acids is 2. The first-order valence-corrected chi connectivity index (χ1v) is 11.9. The molecular formula is C29H34N2O3. The van der Waals surface area contributed by atoms with Crippen LogP contribution in [-0.2, 0) is 27.3 Å². The zero-order valence-corrected chi connectivity index (χ0v) is 20.0. The second-order valence-electron chi connectivity index (χ2n) is 8.55. The third-order valence-electron chi connectivity index (χ3n) is 5.46. The molecule has 34 heavy (non-hydrogen) atoms. The van der Waals surface area contributed by atoms with Crippen LogP contribution in [0.5, 0.6) is 0 Å². The molecule has 1 N–H and O–H groups in total.